The number of anilines is 4. The first kappa shape index (κ1) is 19.5. The zero-order chi connectivity index (χ0) is 18.8. The Morgan fingerprint density at radius 2 is 0.654 bits per heavy atom. The third kappa shape index (κ3) is 7.41. The highest BCUT2D eigenvalue weighted by molar-refractivity contribution is 5.26. The molecule has 10 heteroatoms. The Kier molecular flexibility index (Phi) is 7.72. The highest BCUT2D eigenvalue weighted by Gasteiger charge is 2.03. The highest BCUT2D eigenvalue weighted by atomic mass is 15.1. The molecule has 2 heterocycles. The molecule has 2 rings (SSSR count). The smallest absolute Gasteiger partial charge is 0.225 e. The number of unbranched alkanes of at least 4 members (excludes halogenated alkanes) is 7. The Hall–Kier alpha value is -2.78. The summed E-state index contributed by atoms with van der Waals surface area (Å²) < 4.78 is 0. The topological polar surface area (TPSA) is 181 Å². The van der Waals surface area contributed by atoms with E-state index in [1.807, 2.05) is 0 Å². The molecule has 0 bridgehead atoms. The molecule has 0 saturated carbocycles. The van der Waals surface area contributed by atoms with Gasteiger partial charge in [-0.3, -0.25) is 0 Å². The number of nitrogens with zero attached hydrogens (tertiary/aromatic N) is 6. The Morgan fingerprint density at radius 1 is 0.385 bits per heavy atom. The molecule has 26 heavy (non-hydrogen) atoms. The molecule has 0 aliphatic heterocycles. The fourth-order valence-electron chi connectivity index (χ4n) is 2.76. The number of rotatable bonds is 11. The van der Waals surface area contributed by atoms with E-state index in [4.69, 9.17) is 22.9 Å². The van der Waals surface area contributed by atoms with Crippen LogP contribution in [0.1, 0.15) is 63.0 Å². The van der Waals surface area contributed by atoms with E-state index in [2.05, 4.69) is 29.9 Å². The minimum atomic E-state index is 0.190. The number of aryl methyl sites for hydroxylation is 2. The van der Waals surface area contributed by atoms with Crippen LogP contribution in [0.2, 0.25) is 0 Å². The first-order chi connectivity index (χ1) is 12.5. The van der Waals surface area contributed by atoms with Gasteiger partial charge in [-0.05, 0) is 12.8 Å². The van der Waals surface area contributed by atoms with Crippen molar-refractivity contribution in [2.45, 2.75) is 64.2 Å². The Morgan fingerprint density at radius 3 is 0.962 bits per heavy atom. The molecule has 0 unspecified atom stereocenters. The zero-order valence-corrected chi connectivity index (χ0v) is 15.1. The van der Waals surface area contributed by atoms with Crippen LogP contribution in [-0.2, 0) is 12.8 Å². The van der Waals surface area contributed by atoms with Gasteiger partial charge in [0.15, 0.2) is 0 Å². The molecule has 142 valence electrons. The van der Waals surface area contributed by atoms with Crippen LogP contribution < -0.4 is 22.9 Å². The maximum absolute atomic E-state index is 5.56. The lowest BCUT2D eigenvalue weighted by Crippen LogP contribution is -2.06. The second-order valence-corrected chi connectivity index (χ2v) is 6.26. The number of hydrogen-bond acceptors (Lipinski definition) is 10. The molecule has 2 aromatic heterocycles. The lowest BCUT2D eigenvalue weighted by molar-refractivity contribution is 0.561. The van der Waals surface area contributed by atoms with E-state index in [0.29, 0.717) is 11.6 Å². The summed E-state index contributed by atoms with van der Waals surface area (Å²) in [6, 6.07) is 0. The van der Waals surface area contributed by atoms with Gasteiger partial charge >= 0.3 is 0 Å². The zero-order valence-electron chi connectivity index (χ0n) is 15.1. The molecule has 0 atom stereocenters. The molecule has 0 aliphatic rings. The van der Waals surface area contributed by atoms with E-state index in [0.717, 1.165) is 38.5 Å². The summed E-state index contributed by atoms with van der Waals surface area (Å²) in [7, 11) is 0. The maximum atomic E-state index is 5.56. The van der Waals surface area contributed by atoms with E-state index in [1.165, 1.54) is 25.7 Å². The van der Waals surface area contributed by atoms with Gasteiger partial charge in [-0.25, -0.2) is 0 Å². The van der Waals surface area contributed by atoms with Crippen LogP contribution in [0.4, 0.5) is 23.8 Å². The van der Waals surface area contributed by atoms with Crippen LogP contribution in [0.3, 0.4) is 0 Å². The Balaban J connectivity index is 1.47. The van der Waals surface area contributed by atoms with Gasteiger partial charge in [-0.15, -0.1) is 0 Å². The van der Waals surface area contributed by atoms with Gasteiger partial charge in [-0.1, -0.05) is 38.5 Å². The van der Waals surface area contributed by atoms with Crippen LogP contribution in [-0.4, -0.2) is 29.9 Å². The number of nitrogen functional groups attached to an aromatic ring is 4. The van der Waals surface area contributed by atoms with Crippen LogP contribution >= 0.6 is 0 Å². The first-order valence-corrected chi connectivity index (χ1v) is 9.05. The van der Waals surface area contributed by atoms with E-state index < -0.39 is 0 Å². The number of nitrogens with two attached hydrogens (primary N) is 4. The summed E-state index contributed by atoms with van der Waals surface area (Å²) in [5.74, 6) is 2.11. The van der Waals surface area contributed by atoms with Crippen LogP contribution in [0, 0.1) is 0 Å². The lowest BCUT2D eigenvalue weighted by atomic mass is 10.1. The third-order valence-corrected chi connectivity index (χ3v) is 3.98. The molecular formula is C16H28N10. The third-order valence-electron chi connectivity index (χ3n) is 3.98. The second kappa shape index (κ2) is 10.3. The molecular weight excluding hydrogens is 332 g/mol. The van der Waals surface area contributed by atoms with E-state index >= 15 is 0 Å². The molecule has 0 saturated heterocycles. The van der Waals surface area contributed by atoms with Gasteiger partial charge in [-0.2, -0.15) is 29.9 Å². The second-order valence-electron chi connectivity index (χ2n) is 6.26. The average Bonchev–Trinajstić information content (AvgIpc) is 2.55. The van der Waals surface area contributed by atoms with Crippen molar-refractivity contribution >= 4 is 23.8 Å². The monoisotopic (exact) mass is 360 g/mol. The quantitative estimate of drug-likeness (QED) is 0.426. The van der Waals surface area contributed by atoms with Gasteiger partial charge in [0.25, 0.3) is 0 Å². The Bertz CT molecular complexity index is 591. The van der Waals surface area contributed by atoms with Gasteiger partial charge in [0.2, 0.25) is 23.8 Å². The van der Waals surface area contributed by atoms with Crippen molar-refractivity contribution in [2.75, 3.05) is 22.9 Å². The van der Waals surface area contributed by atoms with Crippen molar-refractivity contribution in [3.05, 3.63) is 11.6 Å². The predicted molar refractivity (Wildman–Crippen MR) is 102 cm³/mol. The molecule has 10 nitrogen and oxygen atoms in total. The molecule has 0 spiro atoms. The normalized spacial score (nSPS) is 10.9. The van der Waals surface area contributed by atoms with Gasteiger partial charge in [0.1, 0.15) is 11.6 Å². The molecule has 2 aromatic rings. The van der Waals surface area contributed by atoms with E-state index in [-0.39, 0.29) is 23.8 Å². The van der Waals surface area contributed by atoms with Crippen molar-refractivity contribution in [1.29, 1.82) is 0 Å². The predicted octanol–water partition coefficient (Wildman–Crippen LogP) is 1.29. The standard InChI is InChI=1S/C16H28N10/c17-13-21-11(22-14(18)25-13)9-7-5-3-1-2-4-6-8-10-12-23-15(19)26-16(20)24-12/h1-10H2,(H4,17,18,21,22,25)(H4,19,20,23,24,26). The van der Waals surface area contributed by atoms with Gasteiger partial charge in [0, 0.05) is 12.8 Å². The number of aromatic nitrogens is 6. The summed E-state index contributed by atoms with van der Waals surface area (Å²) >= 11 is 0. The lowest BCUT2D eigenvalue weighted by Gasteiger charge is -2.04. The Labute approximate surface area is 153 Å². The van der Waals surface area contributed by atoms with Crippen molar-refractivity contribution in [2.24, 2.45) is 0 Å². The fourth-order valence-corrected chi connectivity index (χ4v) is 2.76. The first-order valence-electron chi connectivity index (χ1n) is 9.05. The molecule has 0 aromatic carbocycles. The van der Waals surface area contributed by atoms with Crippen molar-refractivity contribution in [3.63, 3.8) is 0 Å². The average molecular weight is 360 g/mol. The summed E-state index contributed by atoms with van der Waals surface area (Å²) in [6.07, 6.45) is 10.8. The van der Waals surface area contributed by atoms with Crippen molar-refractivity contribution < 1.29 is 0 Å². The van der Waals surface area contributed by atoms with Crippen molar-refractivity contribution in [3.8, 4) is 0 Å². The van der Waals surface area contributed by atoms with E-state index in [1.54, 1.807) is 0 Å². The number of hydrogen-bond donors (Lipinski definition) is 4. The molecule has 8 N–H and O–H groups in total. The fraction of sp³-hybridized carbons (Fsp3) is 0.625. The van der Waals surface area contributed by atoms with Gasteiger partial charge in [0.05, 0.1) is 0 Å². The summed E-state index contributed by atoms with van der Waals surface area (Å²) in [5.41, 5.74) is 22.2. The SMILES string of the molecule is Nc1nc(N)nc(CCCCCCCCCCc2nc(N)nc(N)n2)n1. The minimum absolute atomic E-state index is 0.190. The highest BCUT2D eigenvalue weighted by Crippen LogP contribution is 2.12. The maximum Gasteiger partial charge on any atom is 0.225 e. The van der Waals surface area contributed by atoms with E-state index in [9.17, 15) is 0 Å². The minimum Gasteiger partial charge on any atom is -0.368 e. The van der Waals surface area contributed by atoms with Crippen molar-refractivity contribution in [1.82, 2.24) is 29.9 Å². The molecule has 0 radical (unpaired) electrons. The van der Waals surface area contributed by atoms with Crippen LogP contribution in [0.25, 0.3) is 0 Å². The largest absolute Gasteiger partial charge is 0.368 e. The summed E-state index contributed by atoms with van der Waals surface area (Å²) in [5, 5.41) is 0. The summed E-state index contributed by atoms with van der Waals surface area (Å²) in [4.78, 5) is 23.9. The summed E-state index contributed by atoms with van der Waals surface area (Å²) in [6.45, 7) is 0. The molecule has 0 aliphatic carbocycles. The van der Waals surface area contributed by atoms with Crippen LogP contribution in [0.15, 0.2) is 0 Å². The van der Waals surface area contributed by atoms with Crippen LogP contribution in [0.5, 0.6) is 0 Å². The molecule has 0 fully saturated rings. The van der Waals surface area contributed by atoms with Gasteiger partial charge < -0.3 is 22.9 Å². The molecule has 0 amide bonds.